The number of rotatable bonds is 5. The summed E-state index contributed by atoms with van der Waals surface area (Å²) in [7, 11) is -3.46. The largest absolute Gasteiger partial charge is 0.416 e. The molecular formula is C24H24F4N4O3S. The number of aromatic nitrogens is 2. The summed E-state index contributed by atoms with van der Waals surface area (Å²) in [5, 5.41) is 3.61. The van der Waals surface area contributed by atoms with Gasteiger partial charge in [-0.1, -0.05) is 18.2 Å². The summed E-state index contributed by atoms with van der Waals surface area (Å²) in [4.78, 5) is 15.3. The molecule has 0 saturated carbocycles. The van der Waals surface area contributed by atoms with Crippen molar-refractivity contribution >= 4 is 15.7 Å². The molecular weight excluding hydrogens is 500 g/mol. The van der Waals surface area contributed by atoms with Crippen molar-refractivity contribution in [3.05, 3.63) is 76.5 Å². The van der Waals surface area contributed by atoms with Gasteiger partial charge in [-0.25, -0.2) is 12.8 Å². The summed E-state index contributed by atoms with van der Waals surface area (Å²) in [6.07, 6.45) is -3.15. The van der Waals surface area contributed by atoms with Gasteiger partial charge in [-0.2, -0.15) is 27.3 Å². The molecule has 0 spiro atoms. The number of hydrogen-bond acceptors (Lipinski definition) is 5. The van der Waals surface area contributed by atoms with Gasteiger partial charge in [0.15, 0.2) is 0 Å². The second kappa shape index (κ2) is 9.66. The van der Waals surface area contributed by atoms with E-state index in [0.717, 1.165) is 22.9 Å². The van der Waals surface area contributed by atoms with Crippen LogP contribution in [-0.2, 0) is 16.2 Å². The molecule has 192 valence electrons. The fraction of sp³-hybridized carbons (Fsp3) is 0.333. The molecule has 0 aliphatic carbocycles. The van der Waals surface area contributed by atoms with Gasteiger partial charge < -0.3 is 4.90 Å². The van der Waals surface area contributed by atoms with Gasteiger partial charge in [0.2, 0.25) is 10.0 Å². The molecule has 1 saturated heterocycles. The van der Waals surface area contributed by atoms with Crippen LogP contribution in [0.25, 0.3) is 16.8 Å². The second-order valence-electron chi connectivity index (χ2n) is 8.66. The van der Waals surface area contributed by atoms with Gasteiger partial charge in [0.05, 0.1) is 33.9 Å². The fourth-order valence-corrected chi connectivity index (χ4v) is 5.32. The lowest BCUT2D eigenvalue weighted by Crippen LogP contribution is -2.50. The van der Waals surface area contributed by atoms with Gasteiger partial charge >= 0.3 is 6.18 Å². The molecule has 0 atom stereocenters. The molecule has 1 aliphatic heterocycles. The first-order valence-corrected chi connectivity index (χ1v) is 12.7. The van der Waals surface area contributed by atoms with E-state index in [1.54, 1.807) is 18.7 Å². The maximum absolute atomic E-state index is 13.8. The van der Waals surface area contributed by atoms with Crippen molar-refractivity contribution in [3.63, 3.8) is 0 Å². The maximum Gasteiger partial charge on any atom is 0.416 e. The van der Waals surface area contributed by atoms with Gasteiger partial charge in [0.25, 0.3) is 5.56 Å². The van der Waals surface area contributed by atoms with Gasteiger partial charge in [-0.15, -0.1) is 0 Å². The number of halogens is 4. The van der Waals surface area contributed by atoms with Crippen molar-refractivity contribution in [1.29, 1.82) is 0 Å². The van der Waals surface area contributed by atoms with Crippen LogP contribution >= 0.6 is 0 Å². The van der Waals surface area contributed by atoms with Crippen LogP contribution in [-0.4, -0.2) is 53.9 Å². The Kier molecular flexibility index (Phi) is 6.93. The number of anilines is 1. The topological polar surface area (TPSA) is 75.5 Å². The number of hydrogen-bond donors (Lipinski definition) is 0. The highest BCUT2D eigenvalue weighted by molar-refractivity contribution is 7.89. The molecule has 0 N–H and O–H groups in total. The van der Waals surface area contributed by atoms with Crippen LogP contribution in [0.3, 0.4) is 0 Å². The van der Waals surface area contributed by atoms with E-state index in [-0.39, 0.29) is 43.0 Å². The third kappa shape index (κ3) is 5.00. The lowest BCUT2D eigenvalue weighted by atomic mass is 10.0. The van der Waals surface area contributed by atoms with Crippen LogP contribution in [0.4, 0.5) is 23.2 Å². The first kappa shape index (κ1) is 25.8. The van der Waals surface area contributed by atoms with E-state index >= 15 is 0 Å². The lowest BCUT2D eigenvalue weighted by molar-refractivity contribution is -0.137. The van der Waals surface area contributed by atoms with Crippen LogP contribution < -0.4 is 10.5 Å². The average Bonchev–Trinajstić information content (AvgIpc) is 2.83. The Labute approximate surface area is 205 Å². The summed E-state index contributed by atoms with van der Waals surface area (Å²) in [6, 6.07) is 9.43. The zero-order valence-corrected chi connectivity index (χ0v) is 20.4. The van der Waals surface area contributed by atoms with E-state index in [1.165, 1.54) is 40.8 Å². The van der Waals surface area contributed by atoms with Gasteiger partial charge in [-0.3, -0.25) is 4.79 Å². The maximum atomic E-state index is 13.8. The van der Waals surface area contributed by atoms with Crippen molar-refractivity contribution in [2.75, 3.05) is 31.1 Å². The molecule has 0 radical (unpaired) electrons. The highest BCUT2D eigenvalue weighted by atomic mass is 32.2. The first-order chi connectivity index (χ1) is 16.9. The SMILES string of the molecule is CC(C)S(=O)(=O)N1CCN(c2cnn(-c3cccc(F)c3)c(=O)c2-c2ccc(C(F)(F)F)cc2)CC1. The Morgan fingerprint density at radius 3 is 2.17 bits per heavy atom. The van der Waals surface area contributed by atoms with Crippen LogP contribution in [0, 0.1) is 5.82 Å². The zero-order chi connectivity index (χ0) is 26.3. The normalized spacial score (nSPS) is 15.5. The molecule has 3 aromatic rings. The van der Waals surface area contributed by atoms with E-state index < -0.39 is 38.4 Å². The van der Waals surface area contributed by atoms with E-state index in [9.17, 15) is 30.8 Å². The summed E-state index contributed by atoms with van der Waals surface area (Å²) in [5.74, 6) is -0.580. The van der Waals surface area contributed by atoms with Crippen LogP contribution in [0.5, 0.6) is 0 Å². The Morgan fingerprint density at radius 1 is 0.972 bits per heavy atom. The average molecular weight is 525 g/mol. The molecule has 36 heavy (non-hydrogen) atoms. The van der Waals surface area contributed by atoms with Crippen molar-refractivity contribution in [3.8, 4) is 16.8 Å². The number of sulfonamides is 1. The Bertz CT molecular complexity index is 1410. The minimum atomic E-state index is -4.54. The standard InChI is InChI=1S/C24H24F4N4O3S/c1-16(2)36(34,35)31-12-10-30(11-13-31)21-15-29-32(20-5-3-4-19(25)14-20)23(33)22(21)17-6-8-18(9-7-17)24(26,27)28/h3-9,14-16H,10-13H2,1-2H3. The molecule has 1 fully saturated rings. The molecule has 1 aliphatic rings. The molecule has 2 aromatic carbocycles. The van der Waals surface area contributed by atoms with Gasteiger partial charge in [-0.05, 0) is 49.7 Å². The third-order valence-corrected chi connectivity index (χ3v) is 8.32. The van der Waals surface area contributed by atoms with E-state index in [4.69, 9.17) is 0 Å². The Balaban J connectivity index is 1.78. The third-order valence-electron chi connectivity index (χ3n) is 6.05. The molecule has 7 nitrogen and oxygen atoms in total. The first-order valence-electron chi connectivity index (χ1n) is 11.2. The zero-order valence-electron chi connectivity index (χ0n) is 19.5. The number of alkyl halides is 3. The molecule has 0 unspecified atom stereocenters. The number of piperazine rings is 1. The van der Waals surface area contributed by atoms with Gasteiger partial charge in [0, 0.05) is 26.2 Å². The lowest BCUT2D eigenvalue weighted by Gasteiger charge is -2.36. The Morgan fingerprint density at radius 2 is 1.61 bits per heavy atom. The minimum Gasteiger partial charge on any atom is -0.367 e. The molecule has 12 heteroatoms. The van der Waals surface area contributed by atoms with Crippen molar-refractivity contribution < 1.29 is 26.0 Å². The van der Waals surface area contributed by atoms with E-state index in [2.05, 4.69) is 5.10 Å². The molecule has 2 heterocycles. The van der Waals surface area contributed by atoms with Crippen LogP contribution in [0.1, 0.15) is 19.4 Å². The second-order valence-corrected chi connectivity index (χ2v) is 11.1. The molecule has 0 amide bonds. The molecule has 0 bridgehead atoms. The van der Waals surface area contributed by atoms with E-state index in [0.29, 0.717) is 5.69 Å². The van der Waals surface area contributed by atoms with Crippen LogP contribution in [0.15, 0.2) is 59.5 Å². The smallest absolute Gasteiger partial charge is 0.367 e. The summed E-state index contributed by atoms with van der Waals surface area (Å²) in [6.45, 7) is 4.07. The molecule has 1 aromatic heterocycles. The fourth-order valence-electron chi connectivity index (χ4n) is 4.06. The van der Waals surface area contributed by atoms with Crippen LogP contribution in [0.2, 0.25) is 0 Å². The summed E-state index contributed by atoms with van der Waals surface area (Å²) in [5.41, 5.74) is -0.674. The van der Waals surface area contributed by atoms with Crippen molar-refractivity contribution in [2.45, 2.75) is 25.3 Å². The highest BCUT2D eigenvalue weighted by Gasteiger charge is 2.32. The molecule has 4 rings (SSSR count). The minimum absolute atomic E-state index is 0.0863. The van der Waals surface area contributed by atoms with Crippen molar-refractivity contribution in [2.24, 2.45) is 0 Å². The summed E-state index contributed by atoms with van der Waals surface area (Å²) >= 11 is 0. The predicted molar refractivity (Wildman–Crippen MR) is 128 cm³/mol. The summed E-state index contributed by atoms with van der Waals surface area (Å²) < 4.78 is 80.6. The van der Waals surface area contributed by atoms with Crippen molar-refractivity contribution in [1.82, 2.24) is 14.1 Å². The van der Waals surface area contributed by atoms with Gasteiger partial charge in [0.1, 0.15) is 5.82 Å². The monoisotopic (exact) mass is 524 g/mol. The highest BCUT2D eigenvalue weighted by Crippen LogP contribution is 2.33. The quantitative estimate of drug-likeness (QED) is 0.473. The van der Waals surface area contributed by atoms with E-state index in [1.807, 2.05) is 0 Å². The number of nitrogens with zero attached hydrogens (tertiary/aromatic N) is 4. The Hall–Kier alpha value is -3.25. The number of benzene rings is 2. The predicted octanol–water partition coefficient (Wildman–Crippen LogP) is 3.92.